The van der Waals surface area contributed by atoms with Crippen molar-refractivity contribution in [3.8, 4) is 0 Å². The summed E-state index contributed by atoms with van der Waals surface area (Å²) in [4.78, 5) is 12.2. The standard InChI is InChI=1S/C11H13ClN4O3/c1-5-7(17)8(18-2)11(19-5)16-4-15-6-9(12)13-3-14-10(6)16/h3-5,7-8,11,17H,1-2H3/t5-,7-,8+,11-/m1/s1. The molecule has 0 bridgehead atoms. The molecule has 19 heavy (non-hydrogen) atoms. The van der Waals surface area contributed by atoms with Gasteiger partial charge in [-0.1, -0.05) is 11.6 Å². The monoisotopic (exact) mass is 284 g/mol. The number of hydrogen-bond acceptors (Lipinski definition) is 6. The van der Waals surface area contributed by atoms with Crippen molar-refractivity contribution < 1.29 is 14.6 Å². The minimum absolute atomic E-state index is 0.282. The van der Waals surface area contributed by atoms with Crippen molar-refractivity contribution in [1.29, 1.82) is 0 Å². The number of nitrogens with zero attached hydrogens (tertiary/aromatic N) is 4. The Balaban J connectivity index is 2.07. The highest BCUT2D eigenvalue weighted by Crippen LogP contribution is 2.33. The zero-order valence-corrected chi connectivity index (χ0v) is 11.2. The molecule has 2 aromatic rings. The maximum absolute atomic E-state index is 10.0. The van der Waals surface area contributed by atoms with Gasteiger partial charge in [-0.25, -0.2) is 15.0 Å². The van der Waals surface area contributed by atoms with E-state index in [-0.39, 0.29) is 11.3 Å². The van der Waals surface area contributed by atoms with E-state index in [4.69, 9.17) is 21.1 Å². The number of fused-ring (bicyclic) bond motifs is 1. The van der Waals surface area contributed by atoms with Crippen LogP contribution in [-0.2, 0) is 9.47 Å². The van der Waals surface area contributed by atoms with Crippen LogP contribution < -0.4 is 0 Å². The van der Waals surface area contributed by atoms with Crippen LogP contribution in [0.2, 0.25) is 5.15 Å². The molecule has 0 unspecified atom stereocenters. The van der Waals surface area contributed by atoms with Crippen LogP contribution in [0.25, 0.3) is 11.2 Å². The first-order chi connectivity index (χ1) is 9.13. The summed E-state index contributed by atoms with van der Waals surface area (Å²) in [6, 6.07) is 0. The average molecular weight is 285 g/mol. The Morgan fingerprint density at radius 3 is 2.95 bits per heavy atom. The maximum atomic E-state index is 10.0. The molecule has 2 aromatic heterocycles. The molecule has 1 fully saturated rings. The number of methoxy groups -OCH3 is 1. The Kier molecular flexibility index (Phi) is 3.14. The van der Waals surface area contributed by atoms with E-state index in [0.29, 0.717) is 11.2 Å². The number of aliphatic hydroxyl groups is 1. The van der Waals surface area contributed by atoms with Crippen molar-refractivity contribution in [2.75, 3.05) is 7.11 Å². The molecule has 0 radical (unpaired) electrons. The Bertz CT molecular complexity index is 605. The van der Waals surface area contributed by atoms with Crippen LogP contribution in [0, 0.1) is 0 Å². The zero-order chi connectivity index (χ0) is 13.6. The smallest absolute Gasteiger partial charge is 0.167 e. The van der Waals surface area contributed by atoms with Gasteiger partial charge in [-0.15, -0.1) is 0 Å². The second-order valence-electron chi connectivity index (χ2n) is 4.41. The predicted octanol–water partition coefficient (Wildman–Crippen LogP) is 0.773. The average Bonchev–Trinajstić information content (AvgIpc) is 2.93. The Labute approximate surface area is 114 Å². The second kappa shape index (κ2) is 4.68. The fourth-order valence-electron chi connectivity index (χ4n) is 2.30. The molecule has 0 spiro atoms. The summed E-state index contributed by atoms with van der Waals surface area (Å²) in [5.41, 5.74) is 1.05. The lowest BCUT2D eigenvalue weighted by Gasteiger charge is -2.19. The van der Waals surface area contributed by atoms with Gasteiger partial charge in [0.2, 0.25) is 0 Å². The maximum Gasteiger partial charge on any atom is 0.167 e. The van der Waals surface area contributed by atoms with Gasteiger partial charge in [-0.05, 0) is 6.92 Å². The predicted molar refractivity (Wildman–Crippen MR) is 66.7 cm³/mol. The molecule has 0 aliphatic carbocycles. The first-order valence-electron chi connectivity index (χ1n) is 5.83. The molecule has 1 N–H and O–H groups in total. The van der Waals surface area contributed by atoms with Crippen molar-refractivity contribution in [3.05, 3.63) is 17.8 Å². The van der Waals surface area contributed by atoms with E-state index >= 15 is 0 Å². The third-order valence-corrected chi connectivity index (χ3v) is 3.59. The highest BCUT2D eigenvalue weighted by Gasteiger charge is 2.43. The van der Waals surface area contributed by atoms with E-state index in [1.165, 1.54) is 13.4 Å². The molecule has 3 rings (SSSR count). The molecule has 0 aromatic carbocycles. The van der Waals surface area contributed by atoms with Gasteiger partial charge in [-0.2, -0.15) is 0 Å². The highest BCUT2D eigenvalue weighted by molar-refractivity contribution is 6.33. The van der Waals surface area contributed by atoms with E-state index in [1.807, 2.05) is 0 Å². The first-order valence-corrected chi connectivity index (χ1v) is 6.20. The summed E-state index contributed by atoms with van der Waals surface area (Å²) in [6.45, 7) is 1.79. The second-order valence-corrected chi connectivity index (χ2v) is 4.77. The summed E-state index contributed by atoms with van der Waals surface area (Å²) < 4.78 is 12.7. The number of aromatic nitrogens is 4. The molecule has 4 atom stereocenters. The zero-order valence-electron chi connectivity index (χ0n) is 10.4. The number of aliphatic hydroxyl groups excluding tert-OH is 1. The highest BCUT2D eigenvalue weighted by atomic mass is 35.5. The van der Waals surface area contributed by atoms with Crippen LogP contribution >= 0.6 is 11.6 Å². The minimum Gasteiger partial charge on any atom is -0.388 e. The van der Waals surface area contributed by atoms with E-state index in [9.17, 15) is 5.11 Å². The van der Waals surface area contributed by atoms with Crippen LogP contribution in [0.5, 0.6) is 0 Å². The Hall–Kier alpha value is -1.28. The molecular formula is C11H13ClN4O3. The third-order valence-electron chi connectivity index (χ3n) is 3.31. The summed E-state index contributed by atoms with van der Waals surface area (Å²) in [6.07, 6.45) is 0.910. The van der Waals surface area contributed by atoms with Gasteiger partial charge in [0.15, 0.2) is 17.0 Å². The number of ether oxygens (including phenoxy) is 2. The number of hydrogen-bond donors (Lipinski definition) is 1. The summed E-state index contributed by atoms with van der Waals surface area (Å²) >= 11 is 5.96. The van der Waals surface area contributed by atoms with Gasteiger partial charge >= 0.3 is 0 Å². The fraction of sp³-hybridized carbons (Fsp3) is 0.545. The van der Waals surface area contributed by atoms with Crippen molar-refractivity contribution in [1.82, 2.24) is 19.5 Å². The summed E-state index contributed by atoms with van der Waals surface area (Å²) in [7, 11) is 1.53. The van der Waals surface area contributed by atoms with Crippen LogP contribution in [0.4, 0.5) is 0 Å². The summed E-state index contributed by atoms with van der Waals surface area (Å²) in [5.74, 6) is 0. The van der Waals surface area contributed by atoms with Crippen LogP contribution in [-0.4, -0.2) is 50.0 Å². The van der Waals surface area contributed by atoms with Crippen LogP contribution in [0.15, 0.2) is 12.7 Å². The fourth-order valence-corrected chi connectivity index (χ4v) is 2.48. The first kappa shape index (κ1) is 12.7. The number of imidazole rings is 1. The SMILES string of the molecule is CO[C@H]1[C@H](O)[C@@H](C)O[C@H]1n1cnc2c(Cl)ncnc21. The van der Waals surface area contributed by atoms with E-state index in [0.717, 1.165) is 0 Å². The molecule has 8 heteroatoms. The van der Waals surface area contributed by atoms with Gasteiger partial charge < -0.3 is 14.6 Å². The van der Waals surface area contributed by atoms with Crippen molar-refractivity contribution >= 4 is 22.8 Å². The molecular weight excluding hydrogens is 272 g/mol. The Morgan fingerprint density at radius 1 is 1.42 bits per heavy atom. The molecule has 1 aliphatic rings. The lowest BCUT2D eigenvalue weighted by atomic mass is 10.1. The van der Waals surface area contributed by atoms with Crippen molar-refractivity contribution in [2.45, 2.75) is 31.5 Å². The van der Waals surface area contributed by atoms with E-state index in [1.54, 1.807) is 17.8 Å². The van der Waals surface area contributed by atoms with Crippen molar-refractivity contribution in [2.24, 2.45) is 0 Å². The Morgan fingerprint density at radius 2 is 2.21 bits per heavy atom. The van der Waals surface area contributed by atoms with Gasteiger partial charge in [0.1, 0.15) is 24.1 Å². The topological polar surface area (TPSA) is 82.3 Å². The minimum atomic E-state index is -0.704. The molecule has 7 nitrogen and oxygen atoms in total. The van der Waals surface area contributed by atoms with E-state index in [2.05, 4.69) is 15.0 Å². The molecule has 0 amide bonds. The molecule has 1 saturated heterocycles. The molecule has 102 valence electrons. The molecule has 0 saturated carbocycles. The van der Waals surface area contributed by atoms with Gasteiger partial charge in [0, 0.05) is 7.11 Å². The van der Waals surface area contributed by atoms with Gasteiger partial charge in [0.25, 0.3) is 0 Å². The van der Waals surface area contributed by atoms with Gasteiger partial charge in [-0.3, -0.25) is 4.57 Å². The quantitative estimate of drug-likeness (QED) is 0.821. The largest absolute Gasteiger partial charge is 0.388 e. The molecule has 3 heterocycles. The van der Waals surface area contributed by atoms with Crippen molar-refractivity contribution in [3.63, 3.8) is 0 Å². The number of rotatable bonds is 2. The summed E-state index contributed by atoms with van der Waals surface area (Å²) in [5, 5.41) is 10.3. The van der Waals surface area contributed by atoms with Gasteiger partial charge in [0.05, 0.1) is 12.4 Å². The lowest BCUT2D eigenvalue weighted by Crippen LogP contribution is -2.32. The third kappa shape index (κ3) is 1.90. The normalized spacial score (nSPS) is 31.2. The molecule has 1 aliphatic heterocycles. The van der Waals surface area contributed by atoms with Crippen LogP contribution in [0.3, 0.4) is 0 Å². The van der Waals surface area contributed by atoms with Crippen LogP contribution in [0.1, 0.15) is 13.2 Å². The lowest BCUT2D eigenvalue weighted by molar-refractivity contribution is -0.0472. The number of halogens is 1. The van der Waals surface area contributed by atoms with E-state index < -0.39 is 18.4 Å².